The minimum atomic E-state index is -4.17. The van der Waals surface area contributed by atoms with Crippen molar-refractivity contribution in [2.24, 2.45) is 17.6 Å². The minimum absolute atomic E-state index is 0.119. The van der Waals surface area contributed by atoms with E-state index < -0.39 is 24.0 Å². The molecule has 0 aliphatic heterocycles. The third kappa shape index (κ3) is 4.66. The molecule has 0 radical (unpaired) electrons. The summed E-state index contributed by atoms with van der Waals surface area (Å²) in [5.74, 6) is -3.28. The van der Waals surface area contributed by atoms with E-state index in [1.807, 2.05) is 0 Å². The van der Waals surface area contributed by atoms with Gasteiger partial charge in [-0.1, -0.05) is 0 Å². The highest BCUT2D eigenvalue weighted by molar-refractivity contribution is 5.80. The molecule has 2 unspecified atom stereocenters. The van der Waals surface area contributed by atoms with Crippen molar-refractivity contribution in [3.8, 4) is 0 Å². The summed E-state index contributed by atoms with van der Waals surface area (Å²) in [4.78, 5) is 9.00. The van der Waals surface area contributed by atoms with Crippen LogP contribution in [0, 0.1) is 17.2 Å². The van der Waals surface area contributed by atoms with Crippen molar-refractivity contribution in [3.05, 3.63) is 0 Å². The zero-order valence-corrected chi connectivity index (χ0v) is 8.14. The summed E-state index contributed by atoms with van der Waals surface area (Å²) < 4.78 is 35.9. The molecule has 0 saturated heterocycles. The molecule has 0 spiro atoms. The van der Waals surface area contributed by atoms with Gasteiger partial charge in [0.15, 0.2) is 0 Å². The van der Waals surface area contributed by atoms with Crippen LogP contribution in [0.25, 0.3) is 0 Å². The number of carboxylic acids is 1. The van der Waals surface area contributed by atoms with E-state index in [0.29, 0.717) is 6.42 Å². The highest BCUT2D eigenvalue weighted by atomic mass is 19.4. The summed E-state index contributed by atoms with van der Waals surface area (Å²) in [6.07, 6.45) is -3.65. The van der Waals surface area contributed by atoms with Gasteiger partial charge in [0.2, 0.25) is 0 Å². The molecule has 88 valence electrons. The number of rotatable bonds is 1. The van der Waals surface area contributed by atoms with Crippen LogP contribution in [0.1, 0.15) is 19.8 Å². The van der Waals surface area contributed by atoms with Crippen molar-refractivity contribution in [1.82, 2.24) is 0 Å². The van der Waals surface area contributed by atoms with E-state index in [2.05, 4.69) is 0 Å². The van der Waals surface area contributed by atoms with Crippen molar-refractivity contribution in [2.45, 2.75) is 25.9 Å². The molecule has 0 bridgehead atoms. The number of amidine groups is 1. The molecule has 1 saturated carbocycles. The van der Waals surface area contributed by atoms with Gasteiger partial charge in [0.05, 0.1) is 11.8 Å². The van der Waals surface area contributed by atoms with Crippen LogP contribution in [0.4, 0.5) is 13.2 Å². The lowest BCUT2D eigenvalue weighted by Crippen LogP contribution is -2.44. The highest BCUT2D eigenvalue weighted by Crippen LogP contribution is 2.45. The Morgan fingerprint density at radius 2 is 1.87 bits per heavy atom. The van der Waals surface area contributed by atoms with Gasteiger partial charge in [0, 0.05) is 12.8 Å². The lowest BCUT2D eigenvalue weighted by Gasteiger charge is -2.36. The fourth-order valence-corrected chi connectivity index (χ4v) is 1.26. The normalized spacial score (nSPS) is 24.5. The highest BCUT2D eigenvalue weighted by Gasteiger charge is 2.50. The van der Waals surface area contributed by atoms with E-state index in [-0.39, 0.29) is 12.3 Å². The van der Waals surface area contributed by atoms with Gasteiger partial charge in [-0.25, -0.2) is 0 Å². The fraction of sp³-hybridized carbons (Fsp3) is 0.750. The second kappa shape index (κ2) is 4.99. The Balaban J connectivity index is 0.000000423. The Labute approximate surface area is 84.8 Å². The predicted molar refractivity (Wildman–Crippen MR) is 47.5 cm³/mol. The molecule has 1 fully saturated rings. The van der Waals surface area contributed by atoms with E-state index >= 15 is 0 Å². The van der Waals surface area contributed by atoms with Crippen LogP contribution in [0.2, 0.25) is 0 Å². The molecule has 0 aromatic rings. The van der Waals surface area contributed by atoms with E-state index in [0.717, 1.165) is 6.92 Å². The minimum Gasteiger partial charge on any atom is -0.481 e. The molecular weight excluding hydrogens is 213 g/mol. The number of alkyl halides is 3. The summed E-state index contributed by atoms with van der Waals surface area (Å²) in [6.45, 7) is 1.08. The average molecular weight is 226 g/mol. The Morgan fingerprint density at radius 3 is 1.93 bits per heavy atom. The molecular formula is C8H13F3N2O2. The number of nitrogens with one attached hydrogen (secondary N) is 1. The third-order valence-electron chi connectivity index (χ3n) is 2.09. The number of carbonyl (C=O) groups is 1. The first-order valence-electron chi connectivity index (χ1n) is 4.26. The SMILES string of the molecule is CC(=O)O.N=C(N)C1CCC1C(F)(F)F. The maximum absolute atomic E-state index is 12.0. The topological polar surface area (TPSA) is 87.2 Å². The smallest absolute Gasteiger partial charge is 0.392 e. The molecule has 0 amide bonds. The third-order valence-corrected chi connectivity index (χ3v) is 2.09. The zero-order valence-electron chi connectivity index (χ0n) is 8.14. The predicted octanol–water partition coefficient (Wildman–Crippen LogP) is 1.60. The molecule has 1 rings (SSSR count). The Morgan fingerprint density at radius 1 is 1.47 bits per heavy atom. The zero-order chi connectivity index (χ0) is 12.2. The van der Waals surface area contributed by atoms with Gasteiger partial charge in [-0.3, -0.25) is 10.2 Å². The number of hydrogen-bond donors (Lipinski definition) is 3. The second-order valence-corrected chi connectivity index (χ2v) is 3.31. The van der Waals surface area contributed by atoms with Gasteiger partial charge in [-0.2, -0.15) is 13.2 Å². The summed E-state index contributed by atoms with van der Waals surface area (Å²) in [5.41, 5.74) is 4.97. The standard InChI is InChI=1S/C6H9F3N2.C2H4O2/c7-6(8,9)4-2-1-3(4)5(10)11;1-2(3)4/h3-4H,1-2H2,(H3,10,11);1H3,(H,3,4). The van der Waals surface area contributed by atoms with E-state index in [1.165, 1.54) is 0 Å². The van der Waals surface area contributed by atoms with Gasteiger partial charge in [0.25, 0.3) is 5.97 Å². The van der Waals surface area contributed by atoms with E-state index in [9.17, 15) is 13.2 Å². The molecule has 0 aromatic heterocycles. The lowest BCUT2D eigenvalue weighted by molar-refractivity contribution is -0.203. The van der Waals surface area contributed by atoms with Gasteiger partial charge in [-0.15, -0.1) is 0 Å². The molecule has 0 aromatic carbocycles. The molecule has 2 atom stereocenters. The van der Waals surface area contributed by atoms with Crippen LogP contribution in [-0.4, -0.2) is 23.1 Å². The first-order valence-corrected chi connectivity index (χ1v) is 4.26. The first kappa shape index (κ1) is 13.7. The number of halogens is 3. The molecule has 4 N–H and O–H groups in total. The molecule has 15 heavy (non-hydrogen) atoms. The maximum atomic E-state index is 12.0. The Kier molecular flexibility index (Phi) is 4.57. The van der Waals surface area contributed by atoms with Crippen molar-refractivity contribution in [1.29, 1.82) is 5.41 Å². The van der Waals surface area contributed by atoms with Gasteiger partial charge in [0.1, 0.15) is 0 Å². The molecule has 7 heteroatoms. The number of aliphatic carboxylic acids is 1. The Bertz CT molecular complexity index is 249. The van der Waals surface area contributed by atoms with Crippen molar-refractivity contribution in [2.75, 3.05) is 0 Å². The van der Waals surface area contributed by atoms with E-state index in [1.54, 1.807) is 0 Å². The summed E-state index contributed by atoms with van der Waals surface area (Å²) >= 11 is 0. The van der Waals surface area contributed by atoms with Crippen LogP contribution >= 0.6 is 0 Å². The van der Waals surface area contributed by atoms with E-state index in [4.69, 9.17) is 21.0 Å². The number of nitrogens with two attached hydrogens (primary N) is 1. The fourth-order valence-electron chi connectivity index (χ4n) is 1.26. The van der Waals surface area contributed by atoms with Crippen LogP contribution in [-0.2, 0) is 4.79 Å². The van der Waals surface area contributed by atoms with Gasteiger partial charge in [-0.05, 0) is 12.8 Å². The molecule has 4 nitrogen and oxygen atoms in total. The van der Waals surface area contributed by atoms with Crippen LogP contribution in [0.15, 0.2) is 0 Å². The quantitative estimate of drug-likeness (QED) is 0.468. The van der Waals surface area contributed by atoms with Crippen LogP contribution in [0.3, 0.4) is 0 Å². The van der Waals surface area contributed by atoms with Crippen molar-refractivity contribution >= 4 is 11.8 Å². The van der Waals surface area contributed by atoms with Crippen LogP contribution in [0.5, 0.6) is 0 Å². The lowest BCUT2D eigenvalue weighted by atomic mass is 9.72. The average Bonchev–Trinajstić information content (AvgIpc) is 1.74. The number of carboxylic acid groups (broad SMARTS) is 1. The molecule has 0 heterocycles. The molecule has 1 aliphatic rings. The summed E-state index contributed by atoms with van der Waals surface area (Å²) in [5, 5.41) is 14.3. The maximum Gasteiger partial charge on any atom is 0.392 e. The largest absolute Gasteiger partial charge is 0.481 e. The summed E-state index contributed by atoms with van der Waals surface area (Å²) in [7, 11) is 0. The van der Waals surface area contributed by atoms with Gasteiger partial charge < -0.3 is 10.8 Å². The second-order valence-electron chi connectivity index (χ2n) is 3.31. The van der Waals surface area contributed by atoms with Crippen LogP contribution < -0.4 is 5.73 Å². The van der Waals surface area contributed by atoms with Gasteiger partial charge >= 0.3 is 6.18 Å². The molecule has 1 aliphatic carbocycles. The van der Waals surface area contributed by atoms with Crippen molar-refractivity contribution < 1.29 is 23.1 Å². The monoisotopic (exact) mass is 226 g/mol. The Hall–Kier alpha value is -1.27. The number of hydrogen-bond acceptors (Lipinski definition) is 2. The van der Waals surface area contributed by atoms with Crippen molar-refractivity contribution in [3.63, 3.8) is 0 Å². The first-order chi connectivity index (χ1) is 6.66. The summed E-state index contributed by atoms with van der Waals surface area (Å²) in [6, 6.07) is 0.